The van der Waals surface area contributed by atoms with Crippen molar-refractivity contribution in [1.29, 1.82) is 0 Å². The van der Waals surface area contributed by atoms with E-state index in [0.717, 1.165) is 6.42 Å². The summed E-state index contributed by atoms with van der Waals surface area (Å²) in [6, 6.07) is 6.66. The molecule has 0 bridgehead atoms. The molecule has 0 fully saturated rings. The summed E-state index contributed by atoms with van der Waals surface area (Å²) in [7, 11) is 0. The van der Waals surface area contributed by atoms with Crippen molar-refractivity contribution in [3.05, 3.63) is 24.3 Å². The smallest absolute Gasteiger partial charge is 0.411 e. The number of ether oxygens (including phenoxy) is 1. The zero-order valence-electron chi connectivity index (χ0n) is 14.3. The Kier molecular flexibility index (Phi) is 7.94. The Labute approximate surface area is 138 Å². The van der Waals surface area contributed by atoms with E-state index in [9.17, 15) is 9.59 Å². The molecule has 0 spiro atoms. The molecule has 0 aliphatic rings. The third kappa shape index (κ3) is 8.70. The standard InChI is InChI=1S/C17H27N3O3/c1-12(2)8-9-18-16(21)19-14-6-5-7-15(10-14)20-17(22)23-11-13(3)4/h5-7,10,12-13H,8-9,11H2,1-4H3,(H,20,22)(H2,18,19,21). The quantitative estimate of drug-likeness (QED) is 0.708. The maximum absolute atomic E-state index is 11.8. The van der Waals surface area contributed by atoms with E-state index >= 15 is 0 Å². The van der Waals surface area contributed by atoms with E-state index in [1.807, 2.05) is 13.8 Å². The zero-order chi connectivity index (χ0) is 17.2. The van der Waals surface area contributed by atoms with Gasteiger partial charge >= 0.3 is 12.1 Å². The second-order valence-electron chi connectivity index (χ2n) is 6.26. The molecular weight excluding hydrogens is 294 g/mol. The summed E-state index contributed by atoms with van der Waals surface area (Å²) in [6.07, 6.45) is 0.425. The van der Waals surface area contributed by atoms with Gasteiger partial charge in [0.2, 0.25) is 0 Å². The van der Waals surface area contributed by atoms with Gasteiger partial charge < -0.3 is 15.4 Å². The largest absolute Gasteiger partial charge is 0.449 e. The maximum atomic E-state index is 11.8. The van der Waals surface area contributed by atoms with Crippen LogP contribution in [0, 0.1) is 11.8 Å². The summed E-state index contributed by atoms with van der Waals surface area (Å²) in [5.41, 5.74) is 1.17. The predicted octanol–water partition coefficient (Wildman–Crippen LogP) is 4.06. The van der Waals surface area contributed by atoms with Crippen LogP contribution < -0.4 is 16.0 Å². The summed E-state index contributed by atoms with van der Waals surface area (Å²) in [5.74, 6) is 0.822. The number of rotatable bonds is 7. The molecule has 0 saturated carbocycles. The average molecular weight is 321 g/mol. The highest BCUT2D eigenvalue weighted by atomic mass is 16.5. The van der Waals surface area contributed by atoms with Crippen molar-refractivity contribution >= 4 is 23.5 Å². The van der Waals surface area contributed by atoms with Gasteiger partial charge in [-0.1, -0.05) is 33.8 Å². The molecule has 3 N–H and O–H groups in total. The molecule has 1 rings (SSSR count). The average Bonchev–Trinajstić information content (AvgIpc) is 2.45. The van der Waals surface area contributed by atoms with E-state index in [-0.39, 0.29) is 11.9 Å². The lowest BCUT2D eigenvalue weighted by molar-refractivity contribution is 0.147. The summed E-state index contributed by atoms with van der Waals surface area (Å²) < 4.78 is 5.05. The summed E-state index contributed by atoms with van der Waals surface area (Å²) in [4.78, 5) is 23.4. The molecule has 1 aromatic rings. The van der Waals surface area contributed by atoms with Gasteiger partial charge in [-0.05, 0) is 36.5 Å². The molecule has 0 radical (unpaired) electrons. The number of carbonyl (C=O) groups is 2. The SMILES string of the molecule is CC(C)CCNC(=O)Nc1cccc(NC(=O)OCC(C)C)c1. The van der Waals surface area contributed by atoms with Gasteiger partial charge in [-0.3, -0.25) is 5.32 Å². The van der Waals surface area contributed by atoms with E-state index in [0.29, 0.717) is 30.4 Å². The molecule has 0 unspecified atom stereocenters. The first-order valence-corrected chi connectivity index (χ1v) is 7.95. The lowest BCUT2D eigenvalue weighted by Crippen LogP contribution is -2.30. The van der Waals surface area contributed by atoms with Crippen LogP contribution in [0.2, 0.25) is 0 Å². The highest BCUT2D eigenvalue weighted by Gasteiger charge is 2.06. The van der Waals surface area contributed by atoms with Crippen LogP contribution >= 0.6 is 0 Å². The van der Waals surface area contributed by atoms with Gasteiger partial charge in [0.05, 0.1) is 6.61 Å². The fraction of sp³-hybridized carbons (Fsp3) is 0.529. The van der Waals surface area contributed by atoms with Crippen LogP contribution in [0.25, 0.3) is 0 Å². The van der Waals surface area contributed by atoms with Crippen molar-refractivity contribution in [2.24, 2.45) is 11.8 Å². The molecule has 0 heterocycles. The van der Waals surface area contributed by atoms with E-state index in [1.54, 1.807) is 24.3 Å². The number of urea groups is 1. The first-order valence-electron chi connectivity index (χ1n) is 7.95. The number of amides is 3. The van der Waals surface area contributed by atoms with Crippen molar-refractivity contribution in [3.63, 3.8) is 0 Å². The molecule has 0 atom stereocenters. The second kappa shape index (κ2) is 9.71. The van der Waals surface area contributed by atoms with Crippen LogP contribution in [0.15, 0.2) is 24.3 Å². The summed E-state index contributed by atoms with van der Waals surface area (Å²) in [6.45, 7) is 9.14. The molecule has 23 heavy (non-hydrogen) atoms. The van der Waals surface area contributed by atoms with Crippen molar-refractivity contribution in [2.75, 3.05) is 23.8 Å². The molecule has 0 aromatic heterocycles. The lowest BCUT2D eigenvalue weighted by atomic mass is 10.1. The van der Waals surface area contributed by atoms with Crippen LogP contribution in [-0.4, -0.2) is 25.3 Å². The maximum Gasteiger partial charge on any atom is 0.411 e. The van der Waals surface area contributed by atoms with Crippen molar-refractivity contribution < 1.29 is 14.3 Å². The summed E-state index contributed by atoms with van der Waals surface area (Å²) >= 11 is 0. The van der Waals surface area contributed by atoms with Gasteiger partial charge in [0.1, 0.15) is 0 Å². The van der Waals surface area contributed by atoms with Crippen LogP contribution in [0.3, 0.4) is 0 Å². The van der Waals surface area contributed by atoms with Gasteiger partial charge in [0.25, 0.3) is 0 Å². The minimum Gasteiger partial charge on any atom is -0.449 e. The molecule has 0 saturated heterocycles. The number of nitrogens with one attached hydrogen (secondary N) is 3. The fourth-order valence-corrected chi connectivity index (χ4v) is 1.72. The Balaban J connectivity index is 2.46. The number of hydrogen-bond acceptors (Lipinski definition) is 3. The number of benzene rings is 1. The topological polar surface area (TPSA) is 79.5 Å². The van der Waals surface area contributed by atoms with E-state index < -0.39 is 6.09 Å². The first-order chi connectivity index (χ1) is 10.9. The molecule has 0 aliphatic carbocycles. The monoisotopic (exact) mass is 321 g/mol. The Morgan fingerprint density at radius 1 is 1.04 bits per heavy atom. The minimum atomic E-state index is -0.503. The van der Waals surface area contributed by atoms with Crippen LogP contribution in [0.4, 0.5) is 21.0 Å². The van der Waals surface area contributed by atoms with Crippen LogP contribution in [-0.2, 0) is 4.74 Å². The molecule has 0 aliphatic heterocycles. The third-order valence-electron chi connectivity index (χ3n) is 2.92. The van der Waals surface area contributed by atoms with Gasteiger partial charge in [-0.15, -0.1) is 0 Å². The minimum absolute atomic E-state index is 0.259. The highest BCUT2D eigenvalue weighted by Crippen LogP contribution is 2.15. The molecule has 6 nitrogen and oxygen atoms in total. The van der Waals surface area contributed by atoms with Crippen molar-refractivity contribution in [3.8, 4) is 0 Å². The number of anilines is 2. The molecule has 1 aromatic carbocycles. The van der Waals surface area contributed by atoms with Crippen molar-refractivity contribution in [1.82, 2.24) is 5.32 Å². The lowest BCUT2D eigenvalue weighted by Gasteiger charge is -2.11. The Bertz CT molecular complexity index is 516. The Morgan fingerprint density at radius 3 is 2.30 bits per heavy atom. The van der Waals surface area contributed by atoms with E-state index in [2.05, 4.69) is 29.8 Å². The highest BCUT2D eigenvalue weighted by molar-refractivity contribution is 5.91. The first kappa shape index (κ1) is 18.8. The van der Waals surface area contributed by atoms with Gasteiger partial charge in [0.15, 0.2) is 0 Å². The van der Waals surface area contributed by atoms with E-state index in [4.69, 9.17) is 4.74 Å². The van der Waals surface area contributed by atoms with E-state index in [1.165, 1.54) is 0 Å². The fourth-order valence-electron chi connectivity index (χ4n) is 1.72. The van der Waals surface area contributed by atoms with Gasteiger partial charge in [-0.2, -0.15) is 0 Å². The number of hydrogen-bond donors (Lipinski definition) is 3. The van der Waals surface area contributed by atoms with Crippen molar-refractivity contribution in [2.45, 2.75) is 34.1 Å². The number of carbonyl (C=O) groups excluding carboxylic acids is 2. The molecular formula is C17H27N3O3. The van der Waals surface area contributed by atoms with Gasteiger partial charge in [-0.25, -0.2) is 9.59 Å². The Hall–Kier alpha value is -2.24. The summed E-state index contributed by atoms with van der Waals surface area (Å²) in [5, 5.41) is 8.17. The van der Waals surface area contributed by atoms with Crippen LogP contribution in [0.5, 0.6) is 0 Å². The van der Waals surface area contributed by atoms with Gasteiger partial charge in [0, 0.05) is 17.9 Å². The Morgan fingerprint density at radius 2 is 1.70 bits per heavy atom. The molecule has 128 valence electrons. The molecule has 6 heteroatoms. The van der Waals surface area contributed by atoms with Crippen LogP contribution in [0.1, 0.15) is 34.1 Å². The zero-order valence-corrected chi connectivity index (χ0v) is 14.3. The third-order valence-corrected chi connectivity index (χ3v) is 2.92. The molecule has 3 amide bonds. The second-order valence-corrected chi connectivity index (χ2v) is 6.26. The normalized spacial score (nSPS) is 10.5. The predicted molar refractivity (Wildman–Crippen MR) is 92.7 cm³/mol.